The summed E-state index contributed by atoms with van der Waals surface area (Å²) in [5.41, 5.74) is -0.277. The highest BCUT2D eigenvalue weighted by atomic mass is 32.2. The Labute approximate surface area is 431 Å². The molecule has 0 aliphatic rings. The number of sulfonamides is 3. The minimum absolute atomic E-state index is 0.00143. The Kier molecular flexibility index (Phi) is 26.2. The molecule has 0 heterocycles. The summed E-state index contributed by atoms with van der Waals surface area (Å²) in [5, 5.41) is 35.1. The zero-order valence-corrected chi connectivity index (χ0v) is 43.8. The molecule has 3 aromatic rings. The van der Waals surface area contributed by atoms with Gasteiger partial charge in [0.25, 0.3) is 17.7 Å². The first-order valence-corrected chi connectivity index (χ1v) is 28.1. The molecule has 0 saturated heterocycles. The third kappa shape index (κ3) is 24.4. The zero-order valence-electron chi connectivity index (χ0n) is 41.3. The van der Waals surface area contributed by atoms with E-state index in [1.54, 1.807) is 0 Å². The van der Waals surface area contributed by atoms with Crippen LogP contribution in [0, 0.1) is 0 Å². The van der Waals surface area contributed by atoms with Crippen molar-refractivity contribution in [1.82, 2.24) is 37.2 Å². The Bertz CT molecular complexity index is 2380. The summed E-state index contributed by atoms with van der Waals surface area (Å²) < 4.78 is 86.7. The number of rotatable bonds is 35. The fourth-order valence-electron chi connectivity index (χ4n) is 6.67. The van der Waals surface area contributed by atoms with Crippen molar-refractivity contribution in [1.29, 1.82) is 0 Å². The van der Waals surface area contributed by atoms with Crippen LogP contribution in [-0.4, -0.2) is 151 Å². The van der Waals surface area contributed by atoms with Gasteiger partial charge >= 0.3 is 0 Å². The number of nitrogens with two attached hydrogens (primary N) is 3. The summed E-state index contributed by atoms with van der Waals surface area (Å²) in [6, 6.07) is 15.3. The first-order valence-electron chi connectivity index (χ1n) is 23.4. The predicted octanol–water partition coefficient (Wildman–Crippen LogP) is -1.31. The fourth-order valence-corrected chi connectivity index (χ4v) is 8.22. The van der Waals surface area contributed by atoms with Crippen molar-refractivity contribution in [3.05, 3.63) is 89.5 Å². The van der Waals surface area contributed by atoms with Crippen LogP contribution in [0.25, 0.3) is 0 Å². The van der Waals surface area contributed by atoms with Crippen LogP contribution in [0.5, 0.6) is 0 Å². The van der Waals surface area contributed by atoms with Crippen molar-refractivity contribution >= 4 is 65.5 Å². The molecule has 0 bridgehead atoms. The molecule has 410 valence electrons. The second kappa shape index (κ2) is 31.1. The predicted molar refractivity (Wildman–Crippen MR) is 271 cm³/mol. The molecule has 3 rings (SSSR count). The van der Waals surface area contributed by atoms with Crippen LogP contribution in [0.15, 0.2) is 87.5 Å². The SMILES string of the molecule is CC(C)NC(COCCC(=O)NCCCNC(=O)c1ccc(S(N)(=O)=O)cc1)(COCCC(=O)NCCCNC(=O)c1ccc(S(N)(=O)=O)cc1)COCCC(=O)NCCCNC(=O)c1ccc(S(N)(=O)=O)cc1. The molecule has 3 aromatic carbocycles. The number of primary sulfonamides is 3. The zero-order chi connectivity index (χ0) is 54.8. The lowest BCUT2D eigenvalue weighted by Crippen LogP contribution is -2.59. The summed E-state index contributed by atoms with van der Waals surface area (Å²) in [6.07, 6.45) is 1.22. The summed E-state index contributed by atoms with van der Waals surface area (Å²) in [4.78, 5) is 74.8. The van der Waals surface area contributed by atoms with Gasteiger partial charge in [-0.3, -0.25) is 28.8 Å². The fraction of sp³-hybridized carbons (Fsp3) is 0.478. The molecule has 0 aromatic heterocycles. The van der Waals surface area contributed by atoms with Crippen LogP contribution < -0.4 is 52.6 Å². The van der Waals surface area contributed by atoms with Gasteiger partial charge in [0.05, 0.1) is 59.9 Å². The van der Waals surface area contributed by atoms with Gasteiger partial charge in [0, 0.05) is 81.3 Å². The summed E-state index contributed by atoms with van der Waals surface area (Å²) in [5.74, 6) is -2.19. The maximum absolute atomic E-state index is 12.6. The lowest BCUT2D eigenvalue weighted by molar-refractivity contribution is -0.122. The number of amides is 6. The van der Waals surface area contributed by atoms with Crippen LogP contribution >= 0.6 is 0 Å². The Balaban J connectivity index is 1.45. The highest BCUT2D eigenvalue weighted by Crippen LogP contribution is 2.14. The Morgan fingerprint density at radius 3 is 0.905 bits per heavy atom. The first-order chi connectivity index (χ1) is 34.9. The maximum Gasteiger partial charge on any atom is 0.251 e. The lowest BCUT2D eigenvalue weighted by atomic mass is 10.0. The van der Waals surface area contributed by atoms with Gasteiger partial charge in [-0.25, -0.2) is 40.7 Å². The molecule has 0 radical (unpaired) electrons. The van der Waals surface area contributed by atoms with Gasteiger partial charge in [-0.1, -0.05) is 13.8 Å². The summed E-state index contributed by atoms with van der Waals surface area (Å²) in [7, 11) is -11.7. The highest BCUT2D eigenvalue weighted by molar-refractivity contribution is 7.89. The molecule has 25 nitrogen and oxygen atoms in total. The molecule has 28 heteroatoms. The van der Waals surface area contributed by atoms with Gasteiger partial charge in [-0.15, -0.1) is 0 Å². The topological polar surface area (TPSA) is 395 Å². The number of carbonyl (C=O) groups is 6. The molecule has 0 spiro atoms. The van der Waals surface area contributed by atoms with E-state index in [2.05, 4.69) is 37.2 Å². The summed E-state index contributed by atoms with van der Waals surface area (Å²) in [6.45, 7) is 5.31. The molecular formula is C46H68N10O15S3. The number of hydrogen-bond donors (Lipinski definition) is 10. The van der Waals surface area contributed by atoms with Crippen molar-refractivity contribution in [3.63, 3.8) is 0 Å². The smallest absolute Gasteiger partial charge is 0.251 e. The minimum atomic E-state index is -3.90. The van der Waals surface area contributed by atoms with E-state index in [1.807, 2.05) is 13.8 Å². The molecule has 74 heavy (non-hydrogen) atoms. The number of nitrogens with one attached hydrogen (secondary N) is 7. The van der Waals surface area contributed by atoms with E-state index in [1.165, 1.54) is 72.8 Å². The largest absolute Gasteiger partial charge is 0.379 e. The number of carbonyl (C=O) groups excluding carboxylic acids is 6. The van der Waals surface area contributed by atoms with Gasteiger partial charge < -0.3 is 51.4 Å². The average molecular weight is 1100 g/mol. The molecule has 0 atom stereocenters. The monoisotopic (exact) mass is 1100 g/mol. The highest BCUT2D eigenvalue weighted by Gasteiger charge is 2.33. The van der Waals surface area contributed by atoms with Crippen molar-refractivity contribution in [2.75, 3.05) is 78.9 Å². The van der Waals surface area contributed by atoms with Gasteiger partial charge in [-0.2, -0.15) is 0 Å². The van der Waals surface area contributed by atoms with Crippen LogP contribution in [0.1, 0.15) is 83.4 Å². The molecule has 0 saturated carbocycles. The molecular weight excluding hydrogens is 1030 g/mol. The van der Waals surface area contributed by atoms with E-state index >= 15 is 0 Å². The molecule has 13 N–H and O–H groups in total. The molecule has 0 aliphatic heterocycles. The van der Waals surface area contributed by atoms with Gasteiger partial charge in [-0.05, 0) is 92.1 Å². The standard InChI is InChI=1S/C46H68N10O15S3/c1-33(2)56-46(30-69-27-18-40(57)50-21-3-24-53-43(60)34-6-12-37(13-7-34)72(47,63)64,31-70-28-19-41(58)51-22-4-25-54-44(61)35-8-14-38(15-9-35)73(48,65)66)32-71-29-20-42(59)52-23-5-26-55-45(62)36-10-16-39(17-11-36)74(49,67)68/h6-17,33,56H,3-5,18-32H2,1-2H3,(H,50,57)(H,51,58)(H,52,59)(H,53,60)(H,54,61)(H,55,62)(H2,47,63,64)(H2,48,65,66)(H2,49,67,68). The average Bonchev–Trinajstić information content (AvgIpc) is 3.34. The first kappa shape index (κ1) is 62.3. The van der Waals surface area contributed by atoms with Crippen LogP contribution in [0.2, 0.25) is 0 Å². The second-order valence-electron chi connectivity index (χ2n) is 17.1. The van der Waals surface area contributed by atoms with Gasteiger partial charge in [0.15, 0.2) is 0 Å². The van der Waals surface area contributed by atoms with E-state index < -0.39 is 53.3 Å². The molecule has 0 fully saturated rings. The van der Waals surface area contributed by atoms with Gasteiger partial charge in [0.2, 0.25) is 47.8 Å². The van der Waals surface area contributed by atoms with Crippen LogP contribution in [0.3, 0.4) is 0 Å². The normalized spacial score (nSPS) is 11.9. The number of hydrogen-bond acceptors (Lipinski definition) is 16. The Hall–Kier alpha value is -5.95. The summed E-state index contributed by atoms with van der Waals surface area (Å²) >= 11 is 0. The van der Waals surface area contributed by atoms with Crippen molar-refractivity contribution < 1.29 is 68.2 Å². The Morgan fingerprint density at radius 1 is 0.432 bits per heavy atom. The lowest BCUT2D eigenvalue weighted by Gasteiger charge is -2.36. The molecule has 0 unspecified atom stereocenters. The Morgan fingerprint density at radius 2 is 0.676 bits per heavy atom. The second-order valence-corrected chi connectivity index (χ2v) is 21.8. The maximum atomic E-state index is 12.6. The van der Waals surface area contributed by atoms with Crippen LogP contribution in [0.4, 0.5) is 0 Å². The van der Waals surface area contributed by atoms with E-state index in [0.29, 0.717) is 19.3 Å². The number of benzene rings is 3. The van der Waals surface area contributed by atoms with Crippen LogP contribution in [-0.2, 0) is 58.7 Å². The number of ether oxygens (including phenoxy) is 3. The molecule has 0 aliphatic carbocycles. The third-order valence-corrected chi connectivity index (χ3v) is 13.2. The van der Waals surface area contributed by atoms with E-state index in [4.69, 9.17) is 29.6 Å². The third-order valence-electron chi connectivity index (χ3n) is 10.4. The minimum Gasteiger partial charge on any atom is -0.379 e. The van der Waals surface area contributed by atoms with E-state index in [-0.39, 0.29) is 153 Å². The van der Waals surface area contributed by atoms with Crippen molar-refractivity contribution in [2.24, 2.45) is 15.4 Å². The van der Waals surface area contributed by atoms with Crippen molar-refractivity contribution in [3.8, 4) is 0 Å². The van der Waals surface area contributed by atoms with Crippen molar-refractivity contribution in [2.45, 2.75) is 78.6 Å². The van der Waals surface area contributed by atoms with E-state index in [9.17, 15) is 54.0 Å². The van der Waals surface area contributed by atoms with Gasteiger partial charge in [0.1, 0.15) is 0 Å². The van der Waals surface area contributed by atoms with E-state index in [0.717, 1.165) is 0 Å². The molecule has 6 amide bonds. The quantitative estimate of drug-likeness (QED) is 0.0306.